The Labute approximate surface area is 167 Å². The van der Waals surface area contributed by atoms with Crippen molar-refractivity contribution in [3.8, 4) is 23.7 Å². The van der Waals surface area contributed by atoms with Crippen LogP contribution in [0.3, 0.4) is 0 Å². The lowest BCUT2D eigenvalue weighted by atomic mass is 10.1. The molecule has 0 aliphatic rings. The first kappa shape index (κ1) is 22.9. The quantitative estimate of drug-likeness (QED) is 0.766. The summed E-state index contributed by atoms with van der Waals surface area (Å²) in [5, 5.41) is 5.15. The van der Waals surface area contributed by atoms with E-state index in [1.807, 2.05) is 24.3 Å². The van der Waals surface area contributed by atoms with Gasteiger partial charge in [-0.05, 0) is 65.8 Å². The van der Waals surface area contributed by atoms with Gasteiger partial charge in [0.05, 0.1) is 13.1 Å². The first-order valence-corrected chi connectivity index (χ1v) is 8.96. The maximum absolute atomic E-state index is 11.5. The van der Waals surface area contributed by atoms with E-state index in [-0.39, 0.29) is 13.1 Å². The molecule has 28 heavy (non-hydrogen) atoms. The van der Waals surface area contributed by atoms with Crippen LogP contribution in [0.15, 0.2) is 24.3 Å². The number of nitrogens with one attached hydrogen (secondary N) is 2. The van der Waals surface area contributed by atoms with Gasteiger partial charge in [0, 0.05) is 11.1 Å². The highest BCUT2D eigenvalue weighted by atomic mass is 16.6. The Hall–Kier alpha value is -3.12. The summed E-state index contributed by atoms with van der Waals surface area (Å²) < 4.78 is 10.2. The molecule has 1 rings (SSSR count). The summed E-state index contributed by atoms with van der Waals surface area (Å²) in [5.74, 6) is 11.6. The van der Waals surface area contributed by atoms with Crippen LogP contribution in [0.25, 0.3) is 0 Å². The molecule has 2 amide bonds. The molecule has 0 aromatic heterocycles. The van der Waals surface area contributed by atoms with E-state index >= 15 is 0 Å². The third-order valence-corrected chi connectivity index (χ3v) is 2.79. The molecule has 0 aliphatic carbocycles. The van der Waals surface area contributed by atoms with Crippen molar-refractivity contribution >= 4 is 12.2 Å². The highest BCUT2D eigenvalue weighted by Gasteiger charge is 2.15. The molecule has 0 saturated carbocycles. The van der Waals surface area contributed by atoms with Crippen LogP contribution < -0.4 is 10.6 Å². The summed E-state index contributed by atoms with van der Waals surface area (Å²) in [6, 6.07) is 7.36. The van der Waals surface area contributed by atoms with E-state index < -0.39 is 23.4 Å². The van der Waals surface area contributed by atoms with Gasteiger partial charge in [0.2, 0.25) is 0 Å². The van der Waals surface area contributed by atoms with Crippen molar-refractivity contribution in [2.75, 3.05) is 13.1 Å². The maximum atomic E-state index is 11.5. The van der Waals surface area contributed by atoms with Crippen LogP contribution in [0, 0.1) is 23.7 Å². The van der Waals surface area contributed by atoms with Gasteiger partial charge in [-0.3, -0.25) is 0 Å². The van der Waals surface area contributed by atoms with Gasteiger partial charge in [-0.2, -0.15) is 0 Å². The Kier molecular flexibility index (Phi) is 8.41. The Morgan fingerprint density at radius 2 is 1.07 bits per heavy atom. The van der Waals surface area contributed by atoms with Crippen LogP contribution in [-0.4, -0.2) is 36.5 Å². The smallest absolute Gasteiger partial charge is 0.408 e. The third-order valence-electron chi connectivity index (χ3n) is 2.79. The predicted octanol–water partition coefficient (Wildman–Crippen LogP) is 3.44. The van der Waals surface area contributed by atoms with Crippen molar-refractivity contribution in [1.82, 2.24) is 10.6 Å². The second-order valence-electron chi connectivity index (χ2n) is 7.89. The molecule has 0 radical (unpaired) electrons. The minimum atomic E-state index is -0.531. The molecule has 0 bridgehead atoms. The summed E-state index contributed by atoms with van der Waals surface area (Å²) in [4.78, 5) is 23.0. The van der Waals surface area contributed by atoms with E-state index in [1.54, 1.807) is 41.5 Å². The van der Waals surface area contributed by atoms with Crippen LogP contribution in [0.4, 0.5) is 9.59 Å². The molecule has 0 fully saturated rings. The molecule has 6 nitrogen and oxygen atoms in total. The van der Waals surface area contributed by atoms with Crippen molar-refractivity contribution in [3.63, 3.8) is 0 Å². The van der Waals surface area contributed by atoms with Crippen LogP contribution in [-0.2, 0) is 9.47 Å². The predicted molar refractivity (Wildman–Crippen MR) is 109 cm³/mol. The van der Waals surface area contributed by atoms with Crippen molar-refractivity contribution in [1.29, 1.82) is 0 Å². The molecule has 150 valence electrons. The monoisotopic (exact) mass is 384 g/mol. The van der Waals surface area contributed by atoms with Crippen LogP contribution >= 0.6 is 0 Å². The minimum absolute atomic E-state index is 0.201. The number of alkyl carbamates (subject to hydrolysis) is 2. The number of hydrogen-bond acceptors (Lipinski definition) is 4. The lowest BCUT2D eigenvalue weighted by molar-refractivity contribution is 0.0523. The molecule has 0 unspecified atom stereocenters. The zero-order chi connectivity index (χ0) is 21.2. The number of ether oxygens (including phenoxy) is 2. The largest absolute Gasteiger partial charge is 0.444 e. The van der Waals surface area contributed by atoms with Gasteiger partial charge in [0.1, 0.15) is 11.2 Å². The van der Waals surface area contributed by atoms with Gasteiger partial charge in [0.25, 0.3) is 0 Å². The molecule has 6 heteroatoms. The fraction of sp³-hybridized carbons (Fsp3) is 0.455. The second-order valence-corrected chi connectivity index (χ2v) is 7.89. The number of benzene rings is 1. The summed E-state index contributed by atoms with van der Waals surface area (Å²) >= 11 is 0. The molecule has 0 heterocycles. The molecule has 0 saturated heterocycles. The zero-order valence-corrected chi connectivity index (χ0v) is 17.4. The minimum Gasteiger partial charge on any atom is -0.444 e. The van der Waals surface area contributed by atoms with Gasteiger partial charge < -0.3 is 20.1 Å². The highest BCUT2D eigenvalue weighted by Crippen LogP contribution is 2.07. The van der Waals surface area contributed by atoms with Crippen molar-refractivity contribution in [2.24, 2.45) is 0 Å². The summed E-state index contributed by atoms with van der Waals surface area (Å²) in [7, 11) is 0. The standard InChI is InChI=1S/C22H28N2O4/c1-21(2,3)27-19(25)23-15-7-9-17-11-13-18(14-12-17)10-8-16-24-20(26)28-22(4,5)6/h11-14H,15-16H2,1-6H3,(H,23,25)(H,24,26). The number of carbonyl (C=O) groups is 2. The third kappa shape index (κ3) is 11.5. The molecule has 1 aromatic carbocycles. The molecular formula is C22H28N2O4. The van der Waals surface area contributed by atoms with E-state index in [1.165, 1.54) is 0 Å². The molecular weight excluding hydrogens is 356 g/mol. The number of rotatable bonds is 2. The van der Waals surface area contributed by atoms with Crippen molar-refractivity contribution < 1.29 is 19.1 Å². The Morgan fingerprint density at radius 3 is 1.36 bits per heavy atom. The fourth-order valence-corrected chi connectivity index (χ4v) is 1.79. The molecule has 0 aliphatic heterocycles. The summed E-state index contributed by atoms with van der Waals surface area (Å²) in [6.45, 7) is 11.2. The Morgan fingerprint density at radius 1 is 0.750 bits per heavy atom. The highest BCUT2D eigenvalue weighted by molar-refractivity contribution is 5.68. The van der Waals surface area contributed by atoms with Crippen molar-refractivity contribution in [2.45, 2.75) is 52.7 Å². The van der Waals surface area contributed by atoms with E-state index in [2.05, 4.69) is 34.3 Å². The first-order valence-electron chi connectivity index (χ1n) is 8.96. The van der Waals surface area contributed by atoms with E-state index in [0.717, 1.165) is 11.1 Å². The average molecular weight is 384 g/mol. The van der Waals surface area contributed by atoms with Gasteiger partial charge in [-0.25, -0.2) is 9.59 Å². The Bertz CT molecular complexity index is 723. The van der Waals surface area contributed by atoms with Crippen LogP contribution in [0.2, 0.25) is 0 Å². The molecule has 2 N–H and O–H groups in total. The summed E-state index contributed by atoms with van der Waals surface area (Å²) in [5.41, 5.74) is 0.556. The lowest BCUT2D eigenvalue weighted by Crippen LogP contribution is -2.32. The number of hydrogen-bond donors (Lipinski definition) is 2. The molecule has 0 atom stereocenters. The second kappa shape index (κ2) is 10.3. The normalized spacial score (nSPS) is 10.5. The van der Waals surface area contributed by atoms with Crippen molar-refractivity contribution in [3.05, 3.63) is 35.4 Å². The Balaban J connectivity index is 2.43. The number of amides is 2. The summed E-state index contributed by atoms with van der Waals surface area (Å²) in [6.07, 6.45) is -0.986. The fourth-order valence-electron chi connectivity index (χ4n) is 1.79. The van der Waals surface area contributed by atoms with Gasteiger partial charge in [0.15, 0.2) is 0 Å². The SMILES string of the molecule is CC(C)(C)OC(=O)NCC#Cc1ccc(C#CCNC(=O)OC(C)(C)C)cc1. The molecule has 0 spiro atoms. The molecule has 1 aromatic rings. The van der Waals surface area contributed by atoms with Gasteiger partial charge in [-0.1, -0.05) is 23.7 Å². The lowest BCUT2D eigenvalue weighted by Gasteiger charge is -2.19. The van der Waals surface area contributed by atoms with Gasteiger partial charge >= 0.3 is 12.2 Å². The maximum Gasteiger partial charge on any atom is 0.408 e. The zero-order valence-electron chi connectivity index (χ0n) is 17.4. The average Bonchev–Trinajstić information content (AvgIpc) is 2.53. The topological polar surface area (TPSA) is 76.7 Å². The van der Waals surface area contributed by atoms with Gasteiger partial charge in [-0.15, -0.1) is 0 Å². The van der Waals surface area contributed by atoms with Crippen LogP contribution in [0.5, 0.6) is 0 Å². The van der Waals surface area contributed by atoms with E-state index in [0.29, 0.717) is 0 Å². The van der Waals surface area contributed by atoms with Crippen LogP contribution in [0.1, 0.15) is 52.7 Å². The first-order chi connectivity index (χ1) is 12.9. The van der Waals surface area contributed by atoms with E-state index in [4.69, 9.17) is 9.47 Å². The number of carbonyl (C=O) groups excluding carboxylic acids is 2. The van der Waals surface area contributed by atoms with E-state index in [9.17, 15) is 9.59 Å².